The Labute approximate surface area is 399 Å². The highest BCUT2D eigenvalue weighted by atomic mass is 14.4. The Morgan fingerprint density at radius 3 is 1.28 bits per heavy atom. The first-order valence-corrected chi connectivity index (χ1v) is 24.5. The standard InChI is InChI=1S/C68H50/c1-3-5-12-34-48-49(35-13-6-4-2)51-38-40-54-63-52(37-36-50(48)62(51)63)53-39-41-55-65-57(42-56(64(54)66(53)65)43-24-14-7-15-25-43)68-61(47-32-22-11-23-33-47)59(45-28-18-9-19-29-45)58(44-26-16-8-17-27-44)60(67(55)68)46-30-20-10-21-31-46/h3-4,6-11,14-33,36-42H,1,5,12-13,34-35H2,2H3/b6-4-. The van der Waals surface area contributed by atoms with Gasteiger partial charge in [0.2, 0.25) is 0 Å². The average Bonchev–Trinajstić information content (AvgIpc) is 3.90. The van der Waals surface area contributed by atoms with Crippen LogP contribution >= 0.6 is 0 Å². The van der Waals surface area contributed by atoms with E-state index in [2.05, 4.69) is 226 Å². The summed E-state index contributed by atoms with van der Waals surface area (Å²) in [5, 5.41) is 10.9. The van der Waals surface area contributed by atoms with Crippen LogP contribution in [0.5, 0.6) is 0 Å². The molecule has 322 valence electrons. The predicted molar refractivity (Wildman–Crippen MR) is 294 cm³/mol. The fourth-order valence-electron chi connectivity index (χ4n) is 12.3. The summed E-state index contributed by atoms with van der Waals surface area (Å²) < 4.78 is 0. The zero-order valence-corrected chi connectivity index (χ0v) is 38.4. The Bertz CT molecular complexity index is 3830. The van der Waals surface area contributed by atoms with Crippen molar-refractivity contribution in [3.8, 4) is 77.9 Å². The Kier molecular flexibility index (Phi) is 9.69. The van der Waals surface area contributed by atoms with E-state index in [0.29, 0.717) is 0 Å². The summed E-state index contributed by atoms with van der Waals surface area (Å²) in [6, 6.07) is 73.3. The molecule has 0 amide bonds. The first kappa shape index (κ1) is 40.2. The molecular weight excluding hydrogens is 817 g/mol. The van der Waals surface area contributed by atoms with E-state index < -0.39 is 0 Å². The molecule has 2 aliphatic rings. The largest absolute Gasteiger partial charge is 0.103 e. The van der Waals surface area contributed by atoms with Crippen molar-refractivity contribution in [3.05, 3.63) is 230 Å². The molecule has 2 aliphatic carbocycles. The zero-order valence-electron chi connectivity index (χ0n) is 38.4. The lowest BCUT2D eigenvalue weighted by Crippen LogP contribution is -1.99. The van der Waals surface area contributed by atoms with Crippen LogP contribution < -0.4 is 0 Å². The van der Waals surface area contributed by atoms with Crippen molar-refractivity contribution >= 4 is 54.2 Å². The maximum absolute atomic E-state index is 4.08. The van der Waals surface area contributed by atoms with Crippen LogP contribution in [0.1, 0.15) is 50.2 Å². The molecule has 0 nitrogen and oxygen atoms in total. The Balaban J connectivity index is 1.22. The monoisotopic (exact) mass is 866 g/mol. The highest BCUT2D eigenvalue weighted by Crippen LogP contribution is 2.63. The van der Waals surface area contributed by atoms with Crippen molar-refractivity contribution in [2.75, 3.05) is 0 Å². The first-order valence-electron chi connectivity index (χ1n) is 24.5. The van der Waals surface area contributed by atoms with E-state index in [1.54, 1.807) is 0 Å². The molecule has 0 bridgehead atoms. The highest BCUT2D eigenvalue weighted by molar-refractivity contribution is 6.42. The molecule has 0 aliphatic heterocycles. The smallest absolute Gasteiger partial charge is 0.000696 e. The molecule has 11 aromatic rings. The van der Waals surface area contributed by atoms with Gasteiger partial charge in [-0.1, -0.05) is 206 Å². The van der Waals surface area contributed by atoms with Crippen LogP contribution in [0.3, 0.4) is 0 Å². The SMILES string of the molecule is C=CCCCC1=C(CC/C=C\C)c2ccc3c4c(-c5ccccc5)cc5c6c(ccc(c7ccc1c2c73)c64)-c1c(-c2ccccc2)c(-c2ccccc2)c(-c2ccccc2)c(-c2ccccc2)c1-5. The van der Waals surface area contributed by atoms with E-state index in [1.807, 2.05) is 0 Å². The Hall–Kier alpha value is -8.06. The van der Waals surface area contributed by atoms with Gasteiger partial charge in [-0.05, 0) is 188 Å². The van der Waals surface area contributed by atoms with Gasteiger partial charge in [-0.15, -0.1) is 6.58 Å². The van der Waals surface area contributed by atoms with Gasteiger partial charge in [-0.25, -0.2) is 0 Å². The lowest BCUT2D eigenvalue weighted by molar-refractivity contribution is 0.881. The highest BCUT2D eigenvalue weighted by Gasteiger charge is 2.36. The molecule has 0 atom stereocenters. The van der Waals surface area contributed by atoms with Crippen molar-refractivity contribution < 1.29 is 0 Å². The third kappa shape index (κ3) is 6.00. The molecule has 68 heavy (non-hydrogen) atoms. The molecule has 0 fully saturated rings. The summed E-state index contributed by atoms with van der Waals surface area (Å²) in [6.07, 6.45) is 11.9. The van der Waals surface area contributed by atoms with Crippen LogP contribution in [0, 0.1) is 0 Å². The lowest BCUT2D eigenvalue weighted by Gasteiger charge is -2.26. The number of rotatable bonds is 12. The van der Waals surface area contributed by atoms with Gasteiger partial charge in [0.1, 0.15) is 0 Å². The summed E-state index contributed by atoms with van der Waals surface area (Å²) >= 11 is 0. The molecule has 0 saturated heterocycles. The van der Waals surface area contributed by atoms with Crippen molar-refractivity contribution in [1.82, 2.24) is 0 Å². The van der Waals surface area contributed by atoms with Crippen LogP contribution in [-0.2, 0) is 0 Å². The van der Waals surface area contributed by atoms with Crippen molar-refractivity contribution in [2.24, 2.45) is 0 Å². The predicted octanol–water partition coefficient (Wildman–Crippen LogP) is 19.7. The number of fused-ring (bicyclic) bond motifs is 5. The molecule has 0 spiro atoms. The number of hydrogen-bond donors (Lipinski definition) is 0. The van der Waals surface area contributed by atoms with Gasteiger partial charge in [-0.3, -0.25) is 0 Å². The van der Waals surface area contributed by atoms with Gasteiger partial charge in [0.25, 0.3) is 0 Å². The number of hydrogen-bond acceptors (Lipinski definition) is 0. The molecule has 0 radical (unpaired) electrons. The first-order chi connectivity index (χ1) is 33.7. The fourth-order valence-corrected chi connectivity index (χ4v) is 12.3. The van der Waals surface area contributed by atoms with Crippen molar-refractivity contribution in [1.29, 1.82) is 0 Å². The second-order valence-electron chi connectivity index (χ2n) is 18.7. The van der Waals surface area contributed by atoms with Gasteiger partial charge < -0.3 is 0 Å². The van der Waals surface area contributed by atoms with Crippen LogP contribution in [0.2, 0.25) is 0 Å². The minimum Gasteiger partial charge on any atom is -0.103 e. The summed E-state index contributed by atoms with van der Waals surface area (Å²) in [5.74, 6) is 0. The number of unbranched alkanes of at least 4 members (excludes halogenated alkanes) is 1. The Morgan fingerprint density at radius 1 is 0.338 bits per heavy atom. The summed E-state index contributed by atoms with van der Waals surface area (Å²) in [7, 11) is 0. The molecule has 0 N–H and O–H groups in total. The summed E-state index contributed by atoms with van der Waals surface area (Å²) in [6.45, 7) is 6.22. The summed E-state index contributed by atoms with van der Waals surface area (Å²) in [4.78, 5) is 0. The van der Waals surface area contributed by atoms with E-state index >= 15 is 0 Å². The third-order valence-corrected chi connectivity index (χ3v) is 15.0. The van der Waals surface area contributed by atoms with E-state index in [4.69, 9.17) is 0 Å². The lowest BCUT2D eigenvalue weighted by atomic mass is 9.76. The maximum Gasteiger partial charge on any atom is -0.000696 e. The molecule has 0 aromatic heterocycles. The van der Waals surface area contributed by atoms with E-state index in [1.165, 1.54) is 143 Å². The van der Waals surface area contributed by atoms with Crippen LogP contribution in [0.15, 0.2) is 219 Å². The fraction of sp³-hybridized carbons (Fsp3) is 0.0882. The Morgan fingerprint density at radius 2 is 0.765 bits per heavy atom. The van der Waals surface area contributed by atoms with E-state index in [0.717, 1.165) is 32.1 Å². The van der Waals surface area contributed by atoms with E-state index in [-0.39, 0.29) is 0 Å². The second-order valence-corrected chi connectivity index (χ2v) is 18.7. The minimum absolute atomic E-state index is 1.02. The van der Waals surface area contributed by atoms with Crippen LogP contribution in [-0.4, -0.2) is 0 Å². The van der Waals surface area contributed by atoms with Gasteiger partial charge >= 0.3 is 0 Å². The van der Waals surface area contributed by atoms with Gasteiger partial charge in [0.15, 0.2) is 0 Å². The van der Waals surface area contributed by atoms with Crippen LogP contribution in [0.4, 0.5) is 0 Å². The number of benzene rings is 11. The minimum atomic E-state index is 1.02. The maximum atomic E-state index is 4.08. The molecule has 0 heterocycles. The van der Waals surface area contributed by atoms with Crippen molar-refractivity contribution in [3.63, 3.8) is 0 Å². The van der Waals surface area contributed by atoms with Gasteiger partial charge in [0, 0.05) is 0 Å². The second kappa shape index (κ2) is 16.4. The normalized spacial score (nSPS) is 12.7. The molecule has 13 rings (SSSR count). The molecule has 0 saturated carbocycles. The van der Waals surface area contributed by atoms with E-state index in [9.17, 15) is 0 Å². The molecule has 0 heteroatoms. The molecular formula is C68H50. The van der Waals surface area contributed by atoms with Gasteiger partial charge in [-0.2, -0.15) is 0 Å². The molecule has 0 unspecified atom stereocenters. The quantitative estimate of drug-likeness (QED) is 0.0497. The van der Waals surface area contributed by atoms with Crippen molar-refractivity contribution in [2.45, 2.75) is 39.0 Å². The van der Waals surface area contributed by atoms with Gasteiger partial charge in [0.05, 0.1) is 0 Å². The van der Waals surface area contributed by atoms with Crippen LogP contribution in [0.25, 0.3) is 132 Å². The molecule has 11 aromatic carbocycles. The third-order valence-electron chi connectivity index (χ3n) is 15.0. The summed E-state index contributed by atoms with van der Waals surface area (Å²) in [5.41, 5.74) is 23.6. The average molecular weight is 867 g/mol. The number of allylic oxidation sites excluding steroid dienone is 5. The topological polar surface area (TPSA) is 0 Å². The zero-order chi connectivity index (χ0) is 45.3.